The average molecular weight is 439 g/mol. The van der Waals surface area contributed by atoms with Crippen LogP contribution in [0.1, 0.15) is 31.3 Å². The van der Waals surface area contributed by atoms with Gasteiger partial charge in [-0.05, 0) is 39.0 Å². The lowest BCUT2D eigenvalue weighted by molar-refractivity contribution is -0.928. The van der Waals surface area contributed by atoms with E-state index >= 15 is 0 Å². The van der Waals surface area contributed by atoms with Crippen LogP contribution in [0.3, 0.4) is 0 Å². The number of aromatic amines is 1. The fourth-order valence-corrected chi connectivity index (χ4v) is 4.00. The molecule has 1 aliphatic rings. The maximum Gasteiger partial charge on any atom is 0.356 e. The first kappa shape index (κ1) is 19.9. The van der Waals surface area contributed by atoms with E-state index in [1.54, 1.807) is 0 Å². The first-order chi connectivity index (χ1) is 12.8. The molecule has 8 heteroatoms. The lowest BCUT2D eigenvalue weighted by Gasteiger charge is -2.35. The average Bonchev–Trinajstić information content (AvgIpc) is 2.97. The number of esters is 1. The second-order valence-corrected chi connectivity index (χ2v) is 8.01. The second kappa shape index (κ2) is 8.00. The van der Waals surface area contributed by atoms with E-state index in [-0.39, 0.29) is 29.9 Å². The van der Waals surface area contributed by atoms with Crippen molar-refractivity contribution in [3.63, 3.8) is 0 Å². The van der Waals surface area contributed by atoms with Gasteiger partial charge in [-0.25, -0.2) is 4.79 Å². The number of halogens is 1. The zero-order valence-electron chi connectivity index (χ0n) is 15.9. The molecule has 27 heavy (non-hydrogen) atoms. The molecule has 0 aliphatic carbocycles. The predicted octanol–water partition coefficient (Wildman–Crippen LogP) is 1.74. The van der Waals surface area contributed by atoms with Crippen LogP contribution in [-0.4, -0.2) is 55.3 Å². The lowest BCUT2D eigenvalue weighted by atomic mass is 10.1. The van der Waals surface area contributed by atoms with Gasteiger partial charge in [0.1, 0.15) is 31.0 Å². The number of morpholine rings is 1. The number of benzene rings is 1. The van der Waals surface area contributed by atoms with Gasteiger partial charge in [0, 0.05) is 15.4 Å². The summed E-state index contributed by atoms with van der Waals surface area (Å²) in [6.45, 7) is 7.47. The lowest BCUT2D eigenvalue weighted by Crippen LogP contribution is -3.19. The minimum absolute atomic E-state index is 0.105. The van der Waals surface area contributed by atoms with Crippen molar-refractivity contribution in [3.8, 4) is 0 Å². The van der Waals surface area contributed by atoms with Gasteiger partial charge in [-0.2, -0.15) is 0 Å². The highest BCUT2D eigenvalue weighted by Crippen LogP contribution is 2.30. The fraction of sp³-hybridized carbons (Fsp3) is 0.474. The molecular formula is C19H25BrN3O4+. The van der Waals surface area contributed by atoms with Gasteiger partial charge in [-0.15, -0.1) is 0 Å². The Morgan fingerprint density at radius 3 is 2.63 bits per heavy atom. The van der Waals surface area contributed by atoms with Crippen molar-refractivity contribution in [2.75, 3.05) is 25.5 Å². The maximum atomic E-state index is 13.0. The summed E-state index contributed by atoms with van der Waals surface area (Å²) in [6, 6.07) is 5.31. The molecule has 1 fully saturated rings. The van der Waals surface area contributed by atoms with E-state index in [0.29, 0.717) is 5.69 Å². The minimum atomic E-state index is -0.522. The van der Waals surface area contributed by atoms with Gasteiger partial charge in [-0.1, -0.05) is 15.9 Å². The number of ether oxygens (including phenoxy) is 2. The van der Waals surface area contributed by atoms with Crippen molar-refractivity contribution in [3.05, 3.63) is 28.4 Å². The third-order valence-corrected chi connectivity index (χ3v) is 5.46. The van der Waals surface area contributed by atoms with Gasteiger partial charge in [0.05, 0.1) is 12.8 Å². The van der Waals surface area contributed by atoms with Crippen molar-refractivity contribution in [2.24, 2.45) is 0 Å². The van der Waals surface area contributed by atoms with E-state index in [0.717, 1.165) is 28.5 Å². The summed E-state index contributed by atoms with van der Waals surface area (Å²) >= 11 is 3.44. The molecule has 3 atom stereocenters. The summed E-state index contributed by atoms with van der Waals surface area (Å²) in [7, 11) is 1.32. The SMILES string of the molecule is COC(=O)c1[nH]c2ccc(Br)cc2c1NC(=O)[C@H](C)[NH+]1C[C@H](C)O[C@@H](C)C1. The molecule has 1 saturated heterocycles. The first-order valence-electron chi connectivity index (χ1n) is 9.00. The summed E-state index contributed by atoms with van der Waals surface area (Å²) in [4.78, 5) is 29.4. The van der Waals surface area contributed by atoms with Crippen LogP contribution < -0.4 is 10.2 Å². The third-order valence-electron chi connectivity index (χ3n) is 4.97. The fourth-order valence-electron chi connectivity index (χ4n) is 3.63. The van der Waals surface area contributed by atoms with E-state index in [4.69, 9.17) is 9.47 Å². The molecule has 0 radical (unpaired) electrons. The Hall–Kier alpha value is -1.90. The van der Waals surface area contributed by atoms with Gasteiger partial charge >= 0.3 is 5.97 Å². The highest BCUT2D eigenvalue weighted by Gasteiger charge is 2.34. The number of methoxy groups -OCH3 is 1. The number of fused-ring (bicyclic) bond motifs is 1. The Morgan fingerprint density at radius 2 is 2.00 bits per heavy atom. The predicted molar refractivity (Wildman–Crippen MR) is 106 cm³/mol. The second-order valence-electron chi connectivity index (χ2n) is 7.09. The minimum Gasteiger partial charge on any atom is -0.464 e. The number of hydrogen-bond acceptors (Lipinski definition) is 4. The number of anilines is 1. The molecule has 146 valence electrons. The molecule has 0 bridgehead atoms. The summed E-state index contributed by atoms with van der Waals surface area (Å²) in [5.41, 5.74) is 1.44. The van der Waals surface area contributed by atoms with Crippen LogP contribution in [0.25, 0.3) is 10.9 Å². The number of carbonyl (C=O) groups is 2. The zero-order chi connectivity index (χ0) is 19.7. The molecule has 1 aromatic heterocycles. The normalized spacial score (nSPS) is 23.8. The Morgan fingerprint density at radius 1 is 1.33 bits per heavy atom. The molecule has 1 aliphatic heterocycles. The third kappa shape index (κ3) is 4.17. The number of rotatable bonds is 4. The number of carbonyl (C=O) groups excluding carboxylic acids is 2. The van der Waals surface area contributed by atoms with Gasteiger partial charge in [0.15, 0.2) is 6.04 Å². The Balaban J connectivity index is 1.89. The molecule has 2 heterocycles. The maximum absolute atomic E-state index is 13.0. The first-order valence-corrected chi connectivity index (χ1v) is 9.80. The quantitative estimate of drug-likeness (QED) is 0.634. The van der Waals surface area contributed by atoms with E-state index < -0.39 is 5.97 Å². The van der Waals surface area contributed by atoms with E-state index in [9.17, 15) is 9.59 Å². The summed E-state index contributed by atoms with van der Waals surface area (Å²) < 4.78 is 11.5. The number of nitrogens with one attached hydrogen (secondary N) is 3. The van der Waals surface area contributed by atoms with Crippen LogP contribution in [0.4, 0.5) is 5.69 Å². The Bertz CT molecular complexity index is 856. The smallest absolute Gasteiger partial charge is 0.356 e. The van der Waals surface area contributed by atoms with E-state index in [1.165, 1.54) is 12.0 Å². The summed E-state index contributed by atoms with van der Waals surface area (Å²) in [5, 5.41) is 3.70. The summed E-state index contributed by atoms with van der Waals surface area (Å²) in [6.07, 6.45) is 0.211. The molecular weight excluding hydrogens is 414 g/mol. The van der Waals surface area contributed by atoms with Gasteiger partial charge in [0.2, 0.25) is 0 Å². The number of H-pyrrole nitrogens is 1. The molecule has 3 N–H and O–H groups in total. The van der Waals surface area contributed by atoms with Crippen LogP contribution in [0.5, 0.6) is 0 Å². The zero-order valence-corrected chi connectivity index (χ0v) is 17.5. The molecule has 2 aromatic rings. The van der Waals surface area contributed by atoms with Crippen LogP contribution in [-0.2, 0) is 14.3 Å². The standard InChI is InChI=1S/C19H24BrN3O4/c1-10-8-23(9-11(2)27-10)12(3)18(24)22-16-14-7-13(20)5-6-15(14)21-17(16)19(25)26-4/h5-7,10-12,21H,8-9H2,1-4H3,(H,22,24)/p+1/t10-,11-,12-/m0/s1. The molecule has 0 saturated carbocycles. The molecule has 0 spiro atoms. The van der Waals surface area contributed by atoms with Crippen LogP contribution >= 0.6 is 15.9 Å². The van der Waals surface area contributed by atoms with Crippen molar-refractivity contribution in [1.29, 1.82) is 0 Å². The van der Waals surface area contributed by atoms with Gasteiger partial charge < -0.3 is 24.7 Å². The largest absolute Gasteiger partial charge is 0.464 e. The molecule has 1 aromatic carbocycles. The number of hydrogen-bond donors (Lipinski definition) is 3. The monoisotopic (exact) mass is 438 g/mol. The van der Waals surface area contributed by atoms with Crippen LogP contribution in [0.2, 0.25) is 0 Å². The van der Waals surface area contributed by atoms with Crippen molar-refractivity contribution in [1.82, 2.24) is 4.98 Å². The topological polar surface area (TPSA) is 84.9 Å². The number of aromatic nitrogens is 1. The van der Waals surface area contributed by atoms with Crippen LogP contribution in [0.15, 0.2) is 22.7 Å². The highest BCUT2D eigenvalue weighted by atomic mass is 79.9. The molecule has 3 rings (SSSR count). The van der Waals surface area contributed by atoms with E-state index in [2.05, 4.69) is 26.2 Å². The van der Waals surface area contributed by atoms with Gasteiger partial charge in [0.25, 0.3) is 5.91 Å². The Kier molecular flexibility index (Phi) is 5.88. The van der Waals surface area contributed by atoms with Gasteiger partial charge in [-0.3, -0.25) is 4.79 Å². The van der Waals surface area contributed by atoms with Crippen molar-refractivity contribution < 1.29 is 24.0 Å². The summed E-state index contributed by atoms with van der Waals surface area (Å²) in [5.74, 6) is -0.663. The number of quaternary nitrogens is 1. The van der Waals surface area contributed by atoms with Crippen LogP contribution in [0, 0.1) is 0 Å². The molecule has 0 unspecified atom stereocenters. The van der Waals surface area contributed by atoms with E-state index in [1.807, 2.05) is 39.0 Å². The molecule has 1 amide bonds. The highest BCUT2D eigenvalue weighted by molar-refractivity contribution is 9.10. The van der Waals surface area contributed by atoms with Crippen molar-refractivity contribution in [2.45, 2.75) is 39.0 Å². The number of amides is 1. The van der Waals surface area contributed by atoms with Crippen molar-refractivity contribution >= 4 is 44.4 Å². The Labute approximate surface area is 166 Å². The molecule has 7 nitrogen and oxygen atoms in total.